The van der Waals surface area contributed by atoms with Crippen LogP contribution in [0.3, 0.4) is 0 Å². The first-order valence-electron chi connectivity index (χ1n) is 8.27. The van der Waals surface area contributed by atoms with Gasteiger partial charge in [-0.15, -0.1) is 0 Å². The number of halogens is 1. The molecule has 0 saturated carbocycles. The molecule has 0 amide bonds. The van der Waals surface area contributed by atoms with Gasteiger partial charge in [-0.05, 0) is 56.0 Å². The predicted molar refractivity (Wildman–Crippen MR) is 107 cm³/mol. The van der Waals surface area contributed by atoms with Gasteiger partial charge in [0.2, 0.25) is 5.95 Å². The third-order valence-electron chi connectivity index (χ3n) is 3.98. The molecule has 24 heavy (non-hydrogen) atoms. The van der Waals surface area contributed by atoms with Crippen molar-refractivity contribution in [2.45, 2.75) is 46.6 Å². The predicted octanol–water partition coefficient (Wildman–Crippen LogP) is 5.92. The van der Waals surface area contributed by atoms with Crippen molar-refractivity contribution >= 4 is 39.0 Å². The molecule has 0 saturated heterocycles. The van der Waals surface area contributed by atoms with Crippen LogP contribution >= 0.6 is 15.9 Å². The van der Waals surface area contributed by atoms with Crippen molar-refractivity contribution in [2.75, 3.05) is 10.6 Å². The summed E-state index contributed by atoms with van der Waals surface area (Å²) in [5.41, 5.74) is 4.06. The first kappa shape index (κ1) is 18.5. The molecule has 2 aromatic rings. The van der Waals surface area contributed by atoms with Crippen LogP contribution in [0.1, 0.15) is 44.7 Å². The van der Waals surface area contributed by atoms with E-state index in [0.29, 0.717) is 12.0 Å². The lowest BCUT2D eigenvalue weighted by Crippen LogP contribution is -2.19. The summed E-state index contributed by atoms with van der Waals surface area (Å²) in [6, 6.07) is 6.47. The van der Waals surface area contributed by atoms with Gasteiger partial charge in [0.1, 0.15) is 5.82 Å². The van der Waals surface area contributed by atoms with E-state index in [4.69, 9.17) is 0 Å². The van der Waals surface area contributed by atoms with Gasteiger partial charge >= 0.3 is 0 Å². The summed E-state index contributed by atoms with van der Waals surface area (Å²) in [4.78, 5) is 9.03. The minimum absolute atomic E-state index is 0.425. The van der Waals surface area contributed by atoms with Crippen LogP contribution < -0.4 is 10.6 Å². The number of nitrogens with one attached hydrogen (secondary N) is 2. The number of nitrogens with zero attached hydrogens (tertiary/aromatic N) is 2. The highest BCUT2D eigenvalue weighted by molar-refractivity contribution is 9.10. The maximum absolute atomic E-state index is 4.63. The average molecular weight is 389 g/mol. The molecular formula is C19H25BrN4. The Morgan fingerprint density at radius 3 is 2.62 bits per heavy atom. The zero-order valence-corrected chi connectivity index (χ0v) is 16.4. The Morgan fingerprint density at radius 1 is 1.29 bits per heavy atom. The Hall–Kier alpha value is -1.88. The van der Waals surface area contributed by atoms with E-state index in [1.165, 1.54) is 0 Å². The normalized spacial score (nSPS) is 10.8. The molecule has 5 heteroatoms. The van der Waals surface area contributed by atoms with Crippen LogP contribution in [0.4, 0.5) is 17.5 Å². The van der Waals surface area contributed by atoms with E-state index in [1.807, 2.05) is 38.2 Å². The zero-order valence-electron chi connectivity index (χ0n) is 14.8. The number of aromatic nitrogens is 2. The Morgan fingerprint density at radius 2 is 2.00 bits per heavy atom. The Bertz CT molecular complexity index is 723. The summed E-state index contributed by atoms with van der Waals surface area (Å²) in [7, 11) is 0. The number of allylic oxidation sites excluding steroid dienone is 1. The summed E-state index contributed by atoms with van der Waals surface area (Å²) in [5, 5.41) is 6.78. The van der Waals surface area contributed by atoms with E-state index < -0.39 is 0 Å². The van der Waals surface area contributed by atoms with Crippen molar-refractivity contribution in [1.82, 2.24) is 9.97 Å². The quantitative estimate of drug-likeness (QED) is 0.617. The lowest BCUT2D eigenvalue weighted by molar-refractivity contribution is 0.667. The first-order chi connectivity index (χ1) is 11.4. The van der Waals surface area contributed by atoms with Crippen LogP contribution in [0.25, 0.3) is 5.57 Å². The minimum Gasteiger partial charge on any atom is -0.367 e. The molecular weight excluding hydrogens is 364 g/mol. The molecule has 0 unspecified atom stereocenters. The van der Waals surface area contributed by atoms with Crippen molar-refractivity contribution in [1.29, 1.82) is 0 Å². The third-order valence-corrected chi connectivity index (χ3v) is 4.67. The van der Waals surface area contributed by atoms with E-state index in [0.717, 1.165) is 45.5 Å². The fourth-order valence-corrected chi connectivity index (χ4v) is 2.98. The smallest absolute Gasteiger partial charge is 0.229 e. The monoisotopic (exact) mass is 388 g/mol. The maximum atomic E-state index is 4.63. The molecule has 0 fully saturated rings. The SMILES string of the molecule is C=C(C)c1cc(Nc2ncc(C)c(NC(CC)CC)n2)ccc1Br. The molecule has 1 aromatic carbocycles. The molecule has 128 valence electrons. The molecule has 0 atom stereocenters. The van der Waals surface area contributed by atoms with Crippen molar-refractivity contribution in [3.8, 4) is 0 Å². The van der Waals surface area contributed by atoms with Crippen LogP contribution in [0.5, 0.6) is 0 Å². The van der Waals surface area contributed by atoms with Crippen molar-refractivity contribution in [3.63, 3.8) is 0 Å². The summed E-state index contributed by atoms with van der Waals surface area (Å²) < 4.78 is 1.03. The second kappa shape index (κ2) is 8.29. The fourth-order valence-electron chi connectivity index (χ4n) is 2.39. The van der Waals surface area contributed by atoms with Gasteiger partial charge < -0.3 is 10.6 Å². The Labute approximate surface area is 152 Å². The number of hydrogen-bond donors (Lipinski definition) is 2. The molecule has 1 heterocycles. The average Bonchev–Trinajstić information content (AvgIpc) is 2.56. The number of aryl methyl sites for hydroxylation is 1. The lowest BCUT2D eigenvalue weighted by Gasteiger charge is -2.17. The molecule has 2 rings (SSSR count). The molecule has 0 aliphatic rings. The van der Waals surface area contributed by atoms with Gasteiger partial charge in [0.05, 0.1) is 0 Å². The van der Waals surface area contributed by atoms with Gasteiger partial charge in [0.25, 0.3) is 0 Å². The maximum Gasteiger partial charge on any atom is 0.229 e. The lowest BCUT2D eigenvalue weighted by atomic mass is 10.1. The number of benzene rings is 1. The molecule has 1 aromatic heterocycles. The highest BCUT2D eigenvalue weighted by atomic mass is 79.9. The van der Waals surface area contributed by atoms with Crippen molar-refractivity contribution in [2.24, 2.45) is 0 Å². The van der Waals surface area contributed by atoms with E-state index in [-0.39, 0.29) is 0 Å². The van der Waals surface area contributed by atoms with E-state index in [9.17, 15) is 0 Å². The zero-order chi connectivity index (χ0) is 17.7. The molecule has 0 aliphatic carbocycles. The fraction of sp³-hybridized carbons (Fsp3) is 0.368. The van der Waals surface area contributed by atoms with Gasteiger partial charge in [-0.1, -0.05) is 36.4 Å². The van der Waals surface area contributed by atoms with Gasteiger partial charge in [-0.25, -0.2) is 4.98 Å². The summed E-state index contributed by atoms with van der Waals surface area (Å²) >= 11 is 3.55. The Balaban J connectivity index is 2.24. The Kier molecular flexibility index (Phi) is 6.37. The molecule has 0 spiro atoms. The largest absolute Gasteiger partial charge is 0.367 e. The van der Waals surface area contributed by atoms with Crippen LogP contribution in [-0.2, 0) is 0 Å². The van der Waals surface area contributed by atoms with Crippen LogP contribution in [0.15, 0.2) is 35.4 Å². The highest BCUT2D eigenvalue weighted by Gasteiger charge is 2.09. The third kappa shape index (κ3) is 4.57. The number of anilines is 3. The highest BCUT2D eigenvalue weighted by Crippen LogP contribution is 2.27. The van der Waals surface area contributed by atoms with Crippen LogP contribution in [0, 0.1) is 6.92 Å². The number of hydrogen-bond acceptors (Lipinski definition) is 4. The summed E-state index contributed by atoms with van der Waals surface area (Å²) in [6.45, 7) is 12.4. The second-order valence-electron chi connectivity index (χ2n) is 5.98. The molecule has 0 aliphatic heterocycles. The molecule has 0 bridgehead atoms. The van der Waals surface area contributed by atoms with E-state index in [2.05, 4.69) is 57.0 Å². The van der Waals surface area contributed by atoms with E-state index >= 15 is 0 Å². The standard InChI is InChI=1S/C19H25BrN4/c1-6-14(7-2)22-18-13(5)11-21-19(24-18)23-15-8-9-17(20)16(10-15)12(3)4/h8-11,14H,3,6-7H2,1-2,4-5H3,(H2,21,22,23,24). The first-order valence-corrected chi connectivity index (χ1v) is 9.06. The second-order valence-corrected chi connectivity index (χ2v) is 6.84. The molecule has 2 N–H and O–H groups in total. The van der Waals surface area contributed by atoms with Gasteiger partial charge in [0, 0.05) is 28.0 Å². The van der Waals surface area contributed by atoms with Crippen LogP contribution in [0.2, 0.25) is 0 Å². The summed E-state index contributed by atoms with van der Waals surface area (Å²) in [5.74, 6) is 1.47. The van der Waals surface area contributed by atoms with Gasteiger partial charge in [-0.2, -0.15) is 4.98 Å². The van der Waals surface area contributed by atoms with Crippen molar-refractivity contribution < 1.29 is 0 Å². The van der Waals surface area contributed by atoms with Crippen molar-refractivity contribution in [3.05, 3.63) is 46.6 Å². The summed E-state index contributed by atoms with van der Waals surface area (Å²) in [6.07, 6.45) is 3.98. The minimum atomic E-state index is 0.425. The molecule has 4 nitrogen and oxygen atoms in total. The number of rotatable bonds is 7. The van der Waals surface area contributed by atoms with E-state index in [1.54, 1.807) is 0 Å². The van der Waals surface area contributed by atoms with Gasteiger partial charge in [0.15, 0.2) is 0 Å². The molecule has 0 radical (unpaired) electrons. The van der Waals surface area contributed by atoms with Gasteiger partial charge in [-0.3, -0.25) is 0 Å². The van der Waals surface area contributed by atoms with Crippen LogP contribution in [-0.4, -0.2) is 16.0 Å². The topological polar surface area (TPSA) is 49.8 Å².